The Morgan fingerprint density at radius 3 is 2.76 bits per heavy atom. The first-order chi connectivity index (χ1) is 13.9. The van der Waals surface area contributed by atoms with Gasteiger partial charge >= 0.3 is 0 Å². The standard InChI is InChI=1S/C20H17ClFN5O2/c1-11-17-18(23-20(28)12(2)29-16-5-3-4-13(21)10-16)24-25-19(17)27(26-11)15-8-6-14(22)7-9-15/h3-10,12H,1-2H3,(H2,23,24,25,28)/t12-/m0/s1. The van der Waals surface area contributed by atoms with Gasteiger partial charge in [0, 0.05) is 5.02 Å². The van der Waals surface area contributed by atoms with E-state index >= 15 is 0 Å². The first-order valence-electron chi connectivity index (χ1n) is 8.85. The minimum atomic E-state index is -0.765. The van der Waals surface area contributed by atoms with Crippen LogP contribution in [-0.4, -0.2) is 32.0 Å². The highest BCUT2D eigenvalue weighted by Crippen LogP contribution is 2.27. The minimum absolute atomic E-state index is 0.336. The summed E-state index contributed by atoms with van der Waals surface area (Å²) in [4.78, 5) is 12.6. The van der Waals surface area contributed by atoms with Crippen LogP contribution in [0.3, 0.4) is 0 Å². The topological polar surface area (TPSA) is 84.8 Å². The van der Waals surface area contributed by atoms with Crippen molar-refractivity contribution in [2.24, 2.45) is 0 Å². The van der Waals surface area contributed by atoms with Gasteiger partial charge in [0.1, 0.15) is 17.4 Å². The van der Waals surface area contributed by atoms with E-state index in [1.807, 2.05) is 0 Å². The van der Waals surface area contributed by atoms with Crippen LogP contribution < -0.4 is 10.1 Å². The van der Waals surface area contributed by atoms with E-state index in [-0.39, 0.29) is 11.7 Å². The Bertz CT molecular complexity index is 1190. The number of ether oxygens (including phenoxy) is 1. The number of aromatic amines is 1. The second kappa shape index (κ2) is 7.56. The third kappa shape index (κ3) is 3.79. The second-order valence-corrected chi connectivity index (χ2v) is 6.91. The molecule has 148 valence electrons. The predicted molar refractivity (Wildman–Crippen MR) is 108 cm³/mol. The number of fused-ring (bicyclic) bond motifs is 1. The van der Waals surface area contributed by atoms with Crippen LogP contribution >= 0.6 is 11.6 Å². The molecule has 0 saturated heterocycles. The summed E-state index contributed by atoms with van der Waals surface area (Å²) < 4.78 is 20.4. The van der Waals surface area contributed by atoms with E-state index in [9.17, 15) is 9.18 Å². The number of halogens is 2. The highest BCUT2D eigenvalue weighted by molar-refractivity contribution is 6.30. The van der Waals surface area contributed by atoms with Gasteiger partial charge in [-0.3, -0.25) is 9.89 Å². The number of carbonyl (C=O) groups is 1. The van der Waals surface area contributed by atoms with E-state index in [0.717, 1.165) is 0 Å². The van der Waals surface area contributed by atoms with Gasteiger partial charge in [0.15, 0.2) is 11.8 Å². The van der Waals surface area contributed by atoms with Crippen LogP contribution in [0.4, 0.5) is 10.2 Å². The van der Waals surface area contributed by atoms with Gasteiger partial charge in [-0.2, -0.15) is 10.2 Å². The van der Waals surface area contributed by atoms with Gasteiger partial charge in [-0.05, 0) is 56.3 Å². The van der Waals surface area contributed by atoms with E-state index in [4.69, 9.17) is 16.3 Å². The molecule has 29 heavy (non-hydrogen) atoms. The molecule has 0 spiro atoms. The molecule has 0 unspecified atom stereocenters. The number of anilines is 1. The van der Waals surface area contributed by atoms with Crippen molar-refractivity contribution in [3.05, 3.63) is 65.1 Å². The molecule has 0 saturated carbocycles. The summed E-state index contributed by atoms with van der Waals surface area (Å²) in [6, 6.07) is 12.7. The van der Waals surface area contributed by atoms with Crippen LogP contribution in [0.25, 0.3) is 16.7 Å². The Morgan fingerprint density at radius 1 is 1.28 bits per heavy atom. The molecule has 1 amide bonds. The molecule has 0 aliphatic carbocycles. The number of amides is 1. The fourth-order valence-electron chi connectivity index (χ4n) is 2.95. The Kier molecular flexibility index (Phi) is 4.94. The smallest absolute Gasteiger partial charge is 0.266 e. The van der Waals surface area contributed by atoms with Crippen molar-refractivity contribution < 1.29 is 13.9 Å². The van der Waals surface area contributed by atoms with E-state index in [1.165, 1.54) is 12.1 Å². The molecular formula is C20H17ClFN5O2. The molecule has 4 aromatic rings. The van der Waals surface area contributed by atoms with Gasteiger partial charge in [0.25, 0.3) is 5.91 Å². The SMILES string of the molecule is Cc1nn(-c2ccc(F)cc2)c2n[nH]c(NC(=O)[C@H](C)Oc3cccc(Cl)c3)c12. The van der Waals surface area contributed by atoms with Crippen LogP contribution in [0.5, 0.6) is 5.75 Å². The molecule has 9 heteroatoms. The quantitative estimate of drug-likeness (QED) is 0.512. The zero-order valence-corrected chi connectivity index (χ0v) is 16.4. The Hall–Kier alpha value is -3.39. The summed E-state index contributed by atoms with van der Waals surface area (Å²) in [6.45, 7) is 3.44. The summed E-state index contributed by atoms with van der Waals surface area (Å²) in [5, 5.41) is 15.5. The summed E-state index contributed by atoms with van der Waals surface area (Å²) >= 11 is 5.94. The minimum Gasteiger partial charge on any atom is -0.481 e. The summed E-state index contributed by atoms with van der Waals surface area (Å²) in [5.41, 5.74) is 1.84. The molecule has 1 atom stereocenters. The number of hydrogen-bond acceptors (Lipinski definition) is 4. The highest BCUT2D eigenvalue weighted by Gasteiger charge is 2.21. The summed E-state index contributed by atoms with van der Waals surface area (Å²) in [5.74, 6) is 0.217. The maximum Gasteiger partial charge on any atom is 0.266 e. The molecule has 0 aliphatic rings. The Balaban J connectivity index is 1.57. The maximum atomic E-state index is 13.2. The fraction of sp³-hybridized carbons (Fsp3) is 0.150. The van der Waals surface area contributed by atoms with E-state index in [2.05, 4.69) is 20.6 Å². The van der Waals surface area contributed by atoms with Crippen molar-refractivity contribution in [2.75, 3.05) is 5.32 Å². The Labute approximate surface area is 170 Å². The van der Waals surface area contributed by atoms with Crippen LogP contribution in [-0.2, 0) is 4.79 Å². The second-order valence-electron chi connectivity index (χ2n) is 6.48. The number of carbonyl (C=O) groups excluding carboxylic acids is 1. The van der Waals surface area contributed by atoms with E-state index < -0.39 is 6.10 Å². The van der Waals surface area contributed by atoms with Gasteiger partial charge in [0.2, 0.25) is 0 Å². The molecule has 0 aliphatic heterocycles. The van der Waals surface area contributed by atoms with E-state index in [1.54, 1.807) is 54.9 Å². The number of aromatic nitrogens is 4. The van der Waals surface area contributed by atoms with Crippen LogP contribution in [0.2, 0.25) is 5.02 Å². The first kappa shape index (κ1) is 18.9. The molecule has 2 aromatic carbocycles. The largest absolute Gasteiger partial charge is 0.481 e. The molecule has 2 N–H and O–H groups in total. The fourth-order valence-corrected chi connectivity index (χ4v) is 3.13. The third-order valence-electron chi connectivity index (χ3n) is 4.36. The van der Waals surface area contributed by atoms with Crippen molar-refractivity contribution in [2.45, 2.75) is 20.0 Å². The molecule has 0 bridgehead atoms. The van der Waals surface area contributed by atoms with Crippen LogP contribution in [0.1, 0.15) is 12.6 Å². The molecule has 2 aromatic heterocycles. The normalized spacial score (nSPS) is 12.1. The van der Waals surface area contributed by atoms with Gasteiger partial charge < -0.3 is 10.1 Å². The molecule has 0 radical (unpaired) electrons. The van der Waals surface area contributed by atoms with Crippen LogP contribution in [0, 0.1) is 12.7 Å². The summed E-state index contributed by atoms with van der Waals surface area (Å²) in [6.07, 6.45) is -0.765. The van der Waals surface area contributed by atoms with Crippen molar-refractivity contribution in [3.8, 4) is 11.4 Å². The lowest BCUT2D eigenvalue weighted by Gasteiger charge is -2.14. The van der Waals surface area contributed by atoms with Crippen molar-refractivity contribution in [3.63, 3.8) is 0 Å². The molecule has 4 rings (SSSR count). The maximum absolute atomic E-state index is 13.2. The summed E-state index contributed by atoms with van der Waals surface area (Å²) in [7, 11) is 0. The highest BCUT2D eigenvalue weighted by atomic mass is 35.5. The first-order valence-corrected chi connectivity index (χ1v) is 9.23. The Morgan fingerprint density at radius 2 is 2.03 bits per heavy atom. The van der Waals surface area contributed by atoms with E-state index in [0.29, 0.717) is 39.0 Å². The number of rotatable bonds is 5. The average Bonchev–Trinajstić information content (AvgIpc) is 3.24. The zero-order valence-electron chi connectivity index (χ0n) is 15.6. The van der Waals surface area contributed by atoms with Gasteiger partial charge in [-0.25, -0.2) is 9.07 Å². The lowest BCUT2D eigenvalue weighted by molar-refractivity contribution is -0.122. The monoisotopic (exact) mass is 413 g/mol. The third-order valence-corrected chi connectivity index (χ3v) is 4.59. The van der Waals surface area contributed by atoms with Gasteiger partial charge in [-0.15, -0.1) is 0 Å². The lowest BCUT2D eigenvalue weighted by atomic mass is 10.3. The number of nitrogens with one attached hydrogen (secondary N) is 2. The zero-order chi connectivity index (χ0) is 20.5. The number of aryl methyl sites for hydroxylation is 1. The number of benzene rings is 2. The van der Waals surface area contributed by atoms with Gasteiger partial charge in [-0.1, -0.05) is 17.7 Å². The molecule has 0 fully saturated rings. The van der Waals surface area contributed by atoms with Crippen molar-refractivity contribution in [1.82, 2.24) is 20.0 Å². The van der Waals surface area contributed by atoms with Crippen LogP contribution in [0.15, 0.2) is 48.5 Å². The molecule has 2 heterocycles. The van der Waals surface area contributed by atoms with Crippen molar-refractivity contribution >= 4 is 34.4 Å². The average molecular weight is 414 g/mol. The number of H-pyrrole nitrogens is 1. The predicted octanol–water partition coefficient (Wildman–Crippen LogP) is 4.26. The molecule has 7 nitrogen and oxygen atoms in total. The van der Waals surface area contributed by atoms with Gasteiger partial charge in [0.05, 0.1) is 16.8 Å². The molecular weight excluding hydrogens is 397 g/mol. The van der Waals surface area contributed by atoms with Crippen molar-refractivity contribution in [1.29, 1.82) is 0 Å². The lowest BCUT2D eigenvalue weighted by Crippen LogP contribution is -2.30. The number of nitrogens with zero attached hydrogens (tertiary/aromatic N) is 3. The number of hydrogen-bond donors (Lipinski definition) is 2.